The number of nitrogens with one attached hydrogen (secondary N) is 1. The lowest BCUT2D eigenvalue weighted by Gasteiger charge is -2.41. The number of hydrogen-bond acceptors (Lipinski definition) is 4. The van der Waals surface area contributed by atoms with Crippen molar-refractivity contribution in [3.05, 3.63) is 60.2 Å². The van der Waals surface area contributed by atoms with Crippen LogP contribution in [-0.4, -0.2) is 42.9 Å². The average molecular weight is 413 g/mol. The molecule has 0 saturated carbocycles. The maximum atomic E-state index is 12.9. The van der Waals surface area contributed by atoms with Crippen molar-refractivity contribution in [1.29, 1.82) is 0 Å². The average Bonchev–Trinajstić information content (AvgIpc) is 2.75. The quantitative estimate of drug-likeness (QED) is 0.545. The number of nitrogens with zero attached hydrogens (tertiary/aromatic N) is 1. The molecule has 0 spiro atoms. The summed E-state index contributed by atoms with van der Waals surface area (Å²) in [5, 5.41) is 2.96. The van der Waals surface area contributed by atoms with E-state index in [4.69, 9.17) is 4.74 Å². The van der Waals surface area contributed by atoms with Gasteiger partial charge in [-0.2, -0.15) is 0 Å². The van der Waals surface area contributed by atoms with Crippen molar-refractivity contribution < 1.29 is 14.3 Å². The summed E-state index contributed by atoms with van der Waals surface area (Å²) in [6.45, 7) is 3.14. The highest BCUT2D eigenvalue weighted by Gasteiger charge is 2.44. The molecule has 1 heterocycles. The number of esters is 1. The van der Waals surface area contributed by atoms with Crippen LogP contribution in [0.4, 0.5) is 10.5 Å². The molecule has 0 aromatic heterocycles. The number of benzene rings is 2. The van der Waals surface area contributed by atoms with E-state index in [1.807, 2.05) is 67.8 Å². The van der Waals surface area contributed by atoms with Gasteiger partial charge in [0.1, 0.15) is 0 Å². The molecule has 1 N–H and O–H groups in total. The Morgan fingerprint density at radius 2 is 1.86 bits per heavy atom. The van der Waals surface area contributed by atoms with Gasteiger partial charge in [-0.15, -0.1) is 11.8 Å². The Morgan fingerprint density at radius 1 is 1.14 bits per heavy atom. The minimum Gasteiger partial charge on any atom is -0.466 e. The summed E-state index contributed by atoms with van der Waals surface area (Å²) in [5.41, 5.74) is 1.12. The van der Waals surface area contributed by atoms with E-state index >= 15 is 0 Å². The zero-order chi connectivity index (χ0) is 20.7. The van der Waals surface area contributed by atoms with Crippen LogP contribution >= 0.6 is 11.8 Å². The molecular formula is C23H28N2O3S. The van der Waals surface area contributed by atoms with Crippen LogP contribution in [0.2, 0.25) is 0 Å². The van der Waals surface area contributed by atoms with Gasteiger partial charge in [0.25, 0.3) is 0 Å². The minimum atomic E-state index is -0.713. The van der Waals surface area contributed by atoms with E-state index in [1.165, 1.54) is 0 Å². The fourth-order valence-electron chi connectivity index (χ4n) is 3.84. The van der Waals surface area contributed by atoms with E-state index in [-0.39, 0.29) is 12.0 Å². The molecule has 6 heteroatoms. The van der Waals surface area contributed by atoms with Crippen molar-refractivity contribution in [1.82, 2.24) is 4.90 Å². The highest BCUT2D eigenvalue weighted by atomic mass is 32.2. The van der Waals surface area contributed by atoms with Gasteiger partial charge >= 0.3 is 12.0 Å². The van der Waals surface area contributed by atoms with Crippen LogP contribution < -0.4 is 5.32 Å². The minimum absolute atomic E-state index is 0.177. The van der Waals surface area contributed by atoms with Crippen LogP contribution in [0.3, 0.4) is 0 Å². The van der Waals surface area contributed by atoms with Gasteiger partial charge in [0.05, 0.1) is 12.0 Å². The molecule has 1 aliphatic rings. The third kappa shape index (κ3) is 5.32. The molecule has 0 bridgehead atoms. The lowest BCUT2D eigenvalue weighted by molar-refractivity contribution is -0.158. The fraction of sp³-hybridized carbons (Fsp3) is 0.391. The number of hydrogen-bond donors (Lipinski definition) is 1. The van der Waals surface area contributed by atoms with E-state index in [0.29, 0.717) is 32.5 Å². The first-order valence-electron chi connectivity index (χ1n) is 9.97. The van der Waals surface area contributed by atoms with Crippen LogP contribution in [0.1, 0.15) is 25.3 Å². The Labute approximate surface area is 176 Å². The topological polar surface area (TPSA) is 58.6 Å². The molecule has 1 unspecified atom stereocenters. The molecule has 29 heavy (non-hydrogen) atoms. The Hall–Kier alpha value is -2.47. The molecular weight excluding hydrogens is 384 g/mol. The lowest BCUT2D eigenvalue weighted by atomic mass is 9.75. The number of carbonyl (C=O) groups is 2. The van der Waals surface area contributed by atoms with Crippen molar-refractivity contribution in [3.63, 3.8) is 0 Å². The number of likely N-dealkylation sites (tertiary alicyclic amines) is 1. The number of rotatable bonds is 6. The number of carbonyl (C=O) groups excluding carboxylic acids is 2. The number of thioether (sulfide) groups is 1. The summed E-state index contributed by atoms with van der Waals surface area (Å²) in [4.78, 5) is 28.7. The molecule has 154 valence electrons. The van der Waals surface area contributed by atoms with Crippen molar-refractivity contribution in [2.45, 2.75) is 31.1 Å². The van der Waals surface area contributed by atoms with Crippen molar-refractivity contribution >= 4 is 29.4 Å². The second-order valence-electron chi connectivity index (χ2n) is 7.35. The number of piperidine rings is 1. The predicted molar refractivity (Wildman–Crippen MR) is 117 cm³/mol. The molecule has 0 aliphatic carbocycles. The van der Waals surface area contributed by atoms with Crippen LogP contribution in [0.25, 0.3) is 0 Å². The van der Waals surface area contributed by atoms with E-state index in [0.717, 1.165) is 22.6 Å². The van der Waals surface area contributed by atoms with Crippen LogP contribution in [-0.2, 0) is 16.0 Å². The van der Waals surface area contributed by atoms with Crippen LogP contribution in [0.15, 0.2) is 59.5 Å². The van der Waals surface area contributed by atoms with Crippen molar-refractivity contribution in [2.24, 2.45) is 5.41 Å². The lowest BCUT2D eigenvalue weighted by Crippen LogP contribution is -2.52. The zero-order valence-corrected chi connectivity index (χ0v) is 17.8. The van der Waals surface area contributed by atoms with E-state index < -0.39 is 5.41 Å². The zero-order valence-electron chi connectivity index (χ0n) is 17.0. The van der Waals surface area contributed by atoms with Gasteiger partial charge < -0.3 is 15.0 Å². The molecule has 2 aromatic rings. The van der Waals surface area contributed by atoms with Gasteiger partial charge in [0, 0.05) is 23.7 Å². The van der Waals surface area contributed by atoms with Crippen LogP contribution in [0.5, 0.6) is 0 Å². The van der Waals surface area contributed by atoms with E-state index in [9.17, 15) is 9.59 Å². The maximum absolute atomic E-state index is 12.9. The Morgan fingerprint density at radius 3 is 2.52 bits per heavy atom. The summed E-state index contributed by atoms with van der Waals surface area (Å²) in [5.74, 6) is -0.217. The van der Waals surface area contributed by atoms with Crippen molar-refractivity contribution in [3.8, 4) is 0 Å². The fourth-order valence-corrected chi connectivity index (χ4v) is 4.24. The molecule has 5 nitrogen and oxygen atoms in total. The van der Waals surface area contributed by atoms with Gasteiger partial charge in [-0.05, 0) is 62.3 Å². The predicted octanol–water partition coefficient (Wildman–Crippen LogP) is 4.83. The van der Waals surface area contributed by atoms with Crippen LogP contribution in [0, 0.1) is 5.41 Å². The summed E-state index contributed by atoms with van der Waals surface area (Å²) in [6.07, 6.45) is 4.07. The highest BCUT2D eigenvalue weighted by molar-refractivity contribution is 7.98. The molecule has 2 aromatic carbocycles. The van der Waals surface area contributed by atoms with Gasteiger partial charge in [0.15, 0.2) is 0 Å². The third-order valence-corrected chi connectivity index (χ3v) is 6.04. The van der Waals surface area contributed by atoms with Gasteiger partial charge in [-0.1, -0.05) is 30.3 Å². The summed E-state index contributed by atoms with van der Waals surface area (Å²) >= 11 is 1.66. The number of urea groups is 1. The largest absolute Gasteiger partial charge is 0.466 e. The Bertz CT molecular complexity index is 826. The first-order valence-corrected chi connectivity index (χ1v) is 11.2. The molecule has 0 radical (unpaired) electrons. The van der Waals surface area contributed by atoms with Gasteiger partial charge in [-0.25, -0.2) is 4.79 Å². The third-order valence-electron chi connectivity index (χ3n) is 5.30. The second kappa shape index (κ2) is 9.83. The highest BCUT2D eigenvalue weighted by Crippen LogP contribution is 2.35. The molecule has 2 amide bonds. The van der Waals surface area contributed by atoms with E-state index in [2.05, 4.69) is 5.32 Å². The summed E-state index contributed by atoms with van der Waals surface area (Å²) in [6, 6.07) is 17.5. The molecule has 3 rings (SSSR count). The number of amides is 2. The summed E-state index contributed by atoms with van der Waals surface area (Å²) < 4.78 is 5.43. The van der Waals surface area contributed by atoms with Crippen molar-refractivity contribution in [2.75, 3.05) is 31.3 Å². The second-order valence-corrected chi connectivity index (χ2v) is 8.23. The molecule has 1 fully saturated rings. The number of anilines is 1. The maximum Gasteiger partial charge on any atom is 0.321 e. The monoisotopic (exact) mass is 412 g/mol. The normalized spacial score (nSPS) is 18.9. The number of ether oxygens (including phenoxy) is 1. The Kier molecular flexibility index (Phi) is 7.20. The first kappa shape index (κ1) is 21.2. The van der Waals surface area contributed by atoms with Gasteiger partial charge in [0.2, 0.25) is 0 Å². The standard InChI is InChI=1S/C23H28N2O3S/c1-3-28-21(26)23(16-18-8-5-4-6-9-18)14-7-15-25(17-23)22(27)24-19-10-12-20(29-2)13-11-19/h4-6,8-13H,3,7,14-17H2,1-2H3,(H,24,27). The Balaban J connectivity index is 1.76. The SMILES string of the molecule is CCOC(=O)C1(Cc2ccccc2)CCCN(C(=O)Nc2ccc(SC)cc2)C1. The molecule has 1 aliphatic heterocycles. The van der Waals surface area contributed by atoms with Gasteiger partial charge in [-0.3, -0.25) is 4.79 Å². The first-order chi connectivity index (χ1) is 14.1. The molecule has 1 saturated heterocycles. The van der Waals surface area contributed by atoms with E-state index in [1.54, 1.807) is 16.7 Å². The smallest absolute Gasteiger partial charge is 0.321 e. The summed E-state index contributed by atoms with van der Waals surface area (Å²) in [7, 11) is 0. The molecule has 1 atom stereocenters.